The molecule has 0 radical (unpaired) electrons. The minimum absolute atomic E-state index is 0.0305. The molecule has 0 saturated heterocycles. The number of nitrogens with zero attached hydrogens (tertiary/aromatic N) is 1. The number of anilines is 1. The minimum Gasteiger partial charge on any atom is -0.371 e. The van der Waals surface area contributed by atoms with Crippen LogP contribution < -0.4 is 4.90 Å². The van der Waals surface area contributed by atoms with Crippen molar-refractivity contribution in [1.29, 1.82) is 0 Å². The first-order valence-electron chi connectivity index (χ1n) is 4.75. The molecular formula is C10H14ClNO2S. The van der Waals surface area contributed by atoms with Gasteiger partial charge in [-0.2, -0.15) is 0 Å². The van der Waals surface area contributed by atoms with Crippen molar-refractivity contribution < 1.29 is 8.42 Å². The van der Waals surface area contributed by atoms with Crippen LogP contribution in [0.15, 0.2) is 30.3 Å². The Bertz CT molecular complexity index is 391. The lowest BCUT2D eigenvalue weighted by molar-refractivity contribution is 0.608. The normalized spacial score (nSPS) is 11.3. The van der Waals surface area contributed by atoms with Gasteiger partial charge in [0.25, 0.3) is 0 Å². The second-order valence-electron chi connectivity index (χ2n) is 3.16. The fourth-order valence-corrected chi connectivity index (χ4v) is 1.97. The summed E-state index contributed by atoms with van der Waals surface area (Å²) in [6.07, 6.45) is 0. The summed E-state index contributed by atoms with van der Waals surface area (Å²) in [7, 11) is 1.76. The van der Waals surface area contributed by atoms with E-state index in [2.05, 4.69) is 0 Å². The lowest BCUT2D eigenvalue weighted by Gasteiger charge is -2.22. The topological polar surface area (TPSA) is 37.4 Å². The molecule has 0 N–H and O–H groups in total. The molecule has 0 unspecified atom stereocenters. The Morgan fingerprint density at radius 2 is 1.87 bits per heavy atom. The van der Waals surface area contributed by atoms with Gasteiger partial charge in [-0.25, -0.2) is 8.42 Å². The van der Waals surface area contributed by atoms with Crippen molar-refractivity contribution >= 4 is 25.4 Å². The quantitative estimate of drug-likeness (QED) is 0.748. The molecule has 0 spiro atoms. The van der Waals surface area contributed by atoms with E-state index in [-0.39, 0.29) is 5.75 Å². The van der Waals surface area contributed by atoms with Gasteiger partial charge in [0.2, 0.25) is 9.05 Å². The molecule has 0 aliphatic heterocycles. The monoisotopic (exact) mass is 247 g/mol. The second kappa shape index (κ2) is 5.37. The van der Waals surface area contributed by atoms with Gasteiger partial charge in [-0.1, -0.05) is 18.2 Å². The number of hydrogen-bond acceptors (Lipinski definition) is 3. The van der Waals surface area contributed by atoms with E-state index in [1.54, 1.807) is 0 Å². The highest BCUT2D eigenvalue weighted by molar-refractivity contribution is 8.13. The molecule has 0 fully saturated rings. The highest BCUT2D eigenvalue weighted by Crippen LogP contribution is 2.13. The standard InChI is InChI=1S/C10H14ClNO2S/c1-2-12(8-9-15(11,13)14)10-6-4-3-5-7-10/h3-7H,2,8-9H2,1H3. The molecule has 15 heavy (non-hydrogen) atoms. The summed E-state index contributed by atoms with van der Waals surface area (Å²) in [5.74, 6) is -0.0305. The summed E-state index contributed by atoms with van der Waals surface area (Å²) in [6.45, 7) is 3.16. The number of rotatable bonds is 5. The number of benzene rings is 1. The Balaban J connectivity index is 2.66. The van der Waals surface area contributed by atoms with Crippen LogP contribution in [0.5, 0.6) is 0 Å². The average molecular weight is 248 g/mol. The van der Waals surface area contributed by atoms with E-state index in [9.17, 15) is 8.42 Å². The summed E-state index contributed by atoms with van der Waals surface area (Å²) < 4.78 is 21.6. The molecule has 1 aromatic rings. The van der Waals surface area contributed by atoms with Crippen LogP contribution in [0.2, 0.25) is 0 Å². The molecule has 3 nitrogen and oxygen atoms in total. The highest BCUT2D eigenvalue weighted by Gasteiger charge is 2.09. The predicted octanol–water partition coefficient (Wildman–Crippen LogP) is 2.08. The lowest BCUT2D eigenvalue weighted by atomic mass is 10.3. The molecule has 1 aromatic carbocycles. The van der Waals surface area contributed by atoms with Gasteiger partial charge in [-0.15, -0.1) is 0 Å². The van der Waals surface area contributed by atoms with E-state index in [0.717, 1.165) is 12.2 Å². The van der Waals surface area contributed by atoms with Crippen LogP contribution in [-0.2, 0) is 9.05 Å². The van der Waals surface area contributed by atoms with Gasteiger partial charge in [0.1, 0.15) is 0 Å². The Labute approximate surface area is 95.1 Å². The molecule has 0 atom stereocenters. The van der Waals surface area contributed by atoms with Crippen LogP contribution in [0.25, 0.3) is 0 Å². The Morgan fingerprint density at radius 1 is 1.27 bits per heavy atom. The van der Waals surface area contributed by atoms with Gasteiger partial charge in [0.15, 0.2) is 0 Å². The van der Waals surface area contributed by atoms with Gasteiger partial charge in [0, 0.05) is 29.5 Å². The zero-order chi connectivity index (χ0) is 11.3. The van der Waals surface area contributed by atoms with Gasteiger partial charge in [0.05, 0.1) is 5.75 Å². The molecule has 0 aliphatic rings. The summed E-state index contributed by atoms with van der Waals surface area (Å²) in [4.78, 5) is 1.97. The van der Waals surface area contributed by atoms with Gasteiger partial charge in [-0.3, -0.25) is 0 Å². The number of hydrogen-bond donors (Lipinski definition) is 0. The Hall–Kier alpha value is -0.740. The fourth-order valence-electron chi connectivity index (χ4n) is 1.33. The zero-order valence-electron chi connectivity index (χ0n) is 8.56. The summed E-state index contributed by atoms with van der Waals surface area (Å²) in [5, 5.41) is 0. The molecule has 0 aromatic heterocycles. The predicted molar refractivity (Wildman–Crippen MR) is 64.0 cm³/mol. The van der Waals surface area contributed by atoms with Gasteiger partial charge in [-0.05, 0) is 19.1 Å². The molecule has 0 bridgehead atoms. The lowest BCUT2D eigenvalue weighted by Crippen LogP contribution is -2.27. The van der Waals surface area contributed by atoms with E-state index in [0.29, 0.717) is 6.54 Å². The van der Waals surface area contributed by atoms with E-state index < -0.39 is 9.05 Å². The van der Waals surface area contributed by atoms with Crippen molar-refractivity contribution in [2.75, 3.05) is 23.7 Å². The molecule has 0 amide bonds. The highest BCUT2D eigenvalue weighted by atomic mass is 35.7. The van der Waals surface area contributed by atoms with Gasteiger partial charge < -0.3 is 4.90 Å². The molecule has 0 heterocycles. The third-order valence-electron chi connectivity index (χ3n) is 2.11. The van der Waals surface area contributed by atoms with E-state index >= 15 is 0 Å². The second-order valence-corrected chi connectivity index (χ2v) is 6.05. The van der Waals surface area contributed by atoms with Crippen molar-refractivity contribution in [1.82, 2.24) is 0 Å². The fraction of sp³-hybridized carbons (Fsp3) is 0.400. The van der Waals surface area contributed by atoms with Crippen LogP contribution in [0.4, 0.5) is 5.69 Å². The van der Waals surface area contributed by atoms with E-state index in [1.165, 1.54) is 0 Å². The number of halogens is 1. The number of para-hydroxylation sites is 1. The maximum Gasteiger partial charge on any atom is 0.234 e. The minimum atomic E-state index is -3.41. The largest absolute Gasteiger partial charge is 0.371 e. The van der Waals surface area contributed by atoms with Gasteiger partial charge >= 0.3 is 0 Å². The van der Waals surface area contributed by atoms with Crippen LogP contribution in [-0.4, -0.2) is 27.3 Å². The molecule has 5 heteroatoms. The van der Waals surface area contributed by atoms with Crippen molar-refractivity contribution in [3.63, 3.8) is 0 Å². The van der Waals surface area contributed by atoms with Crippen LogP contribution >= 0.6 is 10.7 Å². The zero-order valence-corrected chi connectivity index (χ0v) is 10.1. The van der Waals surface area contributed by atoms with Crippen LogP contribution in [0.3, 0.4) is 0 Å². The van der Waals surface area contributed by atoms with Crippen LogP contribution in [0, 0.1) is 0 Å². The van der Waals surface area contributed by atoms with E-state index in [4.69, 9.17) is 10.7 Å². The summed E-state index contributed by atoms with van der Waals surface area (Å²) >= 11 is 0. The van der Waals surface area contributed by atoms with Crippen molar-refractivity contribution in [3.8, 4) is 0 Å². The van der Waals surface area contributed by atoms with Crippen LogP contribution in [0.1, 0.15) is 6.92 Å². The first-order chi connectivity index (χ1) is 7.03. The average Bonchev–Trinajstić information content (AvgIpc) is 2.19. The smallest absolute Gasteiger partial charge is 0.234 e. The third kappa shape index (κ3) is 4.53. The van der Waals surface area contributed by atoms with Crippen molar-refractivity contribution in [3.05, 3.63) is 30.3 Å². The maximum atomic E-state index is 10.8. The Morgan fingerprint density at radius 3 is 2.33 bits per heavy atom. The van der Waals surface area contributed by atoms with Crippen molar-refractivity contribution in [2.24, 2.45) is 0 Å². The van der Waals surface area contributed by atoms with E-state index in [1.807, 2.05) is 42.2 Å². The first kappa shape index (κ1) is 12.3. The first-order valence-corrected chi connectivity index (χ1v) is 7.23. The van der Waals surface area contributed by atoms with Crippen molar-refractivity contribution in [2.45, 2.75) is 6.92 Å². The Kier molecular flexibility index (Phi) is 4.42. The summed E-state index contributed by atoms with van der Waals surface area (Å²) in [5.41, 5.74) is 1.01. The third-order valence-corrected chi connectivity index (χ3v) is 3.24. The molecule has 1 rings (SSSR count). The summed E-state index contributed by atoms with van der Waals surface area (Å²) in [6, 6.07) is 9.67. The molecule has 0 aliphatic carbocycles. The molecule has 84 valence electrons. The molecular weight excluding hydrogens is 234 g/mol. The molecule has 0 saturated carbocycles. The maximum absolute atomic E-state index is 10.8. The SMILES string of the molecule is CCN(CCS(=O)(=O)Cl)c1ccccc1.